The molecule has 0 fully saturated rings. The SMILES string of the molecule is CCCC(CC)NS(=O)(=O)c1cc(NN)ccc1[N+](=O)[O-]. The van der Waals surface area contributed by atoms with Gasteiger partial charge in [-0.05, 0) is 25.0 Å². The van der Waals surface area contributed by atoms with E-state index in [1.807, 2.05) is 13.8 Å². The van der Waals surface area contributed by atoms with Gasteiger partial charge in [0.25, 0.3) is 5.69 Å². The summed E-state index contributed by atoms with van der Waals surface area (Å²) in [5.74, 6) is 5.23. The average Bonchev–Trinajstić information content (AvgIpc) is 2.45. The molecule has 8 nitrogen and oxygen atoms in total. The van der Waals surface area contributed by atoms with E-state index in [4.69, 9.17) is 5.84 Å². The van der Waals surface area contributed by atoms with Gasteiger partial charge in [-0.25, -0.2) is 13.1 Å². The van der Waals surface area contributed by atoms with E-state index in [1.165, 1.54) is 6.07 Å². The Morgan fingerprint density at radius 2 is 2.05 bits per heavy atom. The van der Waals surface area contributed by atoms with Gasteiger partial charge in [0.15, 0.2) is 4.90 Å². The fraction of sp³-hybridized carbons (Fsp3) is 0.500. The third-order valence-corrected chi connectivity index (χ3v) is 4.61. The zero-order chi connectivity index (χ0) is 16.0. The van der Waals surface area contributed by atoms with Crippen molar-refractivity contribution in [2.75, 3.05) is 5.43 Å². The third-order valence-electron chi connectivity index (χ3n) is 3.06. The number of sulfonamides is 1. The van der Waals surface area contributed by atoms with Crippen LogP contribution < -0.4 is 16.0 Å². The Bertz CT molecular complexity index is 603. The minimum absolute atomic E-state index is 0.255. The molecule has 1 atom stereocenters. The molecule has 0 saturated carbocycles. The molecule has 4 N–H and O–H groups in total. The molecule has 0 saturated heterocycles. The number of anilines is 1. The van der Waals surface area contributed by atoms with Crippen LogP contribution in [0.3, 0.4) is 0 Å². The first-order valence-corrected chi connectivity index (χ1v) is 8.11. The summed E-state index contributed by atoms with van der Waals surface area (Å²) >= 11 is 0. The second-order valence-electron chi connectivity index (χ2n) is 4.60. The van der Waals surface area contributed by atoms with Gasteiger partial charge in [-0.2, -0.15) is 0 Å². The third kappa shape index (κ3) is 4.38. The van der Waals surface area contributed by atoms with Crippen LogP contribution >= 0.6 is 0 Å². The second-order valence-corrected chi connectivity index (χ2v) is 6.28. The number of nitrogen functional groups attached to an aromatic ring is 1. The summed E-state index contributed by atoms with van der Waals surface area (Å²) < 4.78 is 27.3. The van der Waals surface area contributed by atoms with Crippen LogP contribution in [0.25, 0.3) is 0 Å². The lowest BCUT2D eigenvalue weighted by Crippen LogP contribution is -2.34. The molecule has 0 aliphatic rings. The van der Waals surface area contributed by atoms with E-state index in [0.29, 0.717) is 12.8 Å². The molecule has 0 radical (unpaired) electrons. The Balaban J connectivity index is 3.25. The molecular weight excluding hydrogens is 296 g/mol. The maximum atomic E-state index is 12.4. The minimum Gasteiger partial charge on any atom is -0.324 e. The van der Waals surface area contributed by atoms with Crippen LogP contribution in [0.15, 0.2) is 23.1 Å². The van der Waals surface area contributed by atoms with Crippen LogP contribution in [0, 0.1) is 10.1 Å². The summed E-state index contributed by atoms with van der Waals surface area (Å²) in [4.78, 5) is 9.89. The molecule has 1 unspecified atom stereocenters. The standard InChI is InChI=1S/C12H20N4O4S/c1-3-5-9(4-2)15-21(19,20)12-8-10(14-13)6-7-11(12)16(17)18/h6-9,14-15H,3-5,13H2,1-2H3. The number of nitrogens with two attached hydrogens (primary N) is 1. The number of hydrogen-bond acceptors (Lipinski definition) is 6. The van der Waals surface area contributed by atoms with Gasteiger partial charge in [-0.3, -0.25) is 16.0 Å². The van der Waals surface area contributed by atoms with Crippen molar-refractivity contribution in [1.82, 2.24) is 4.72 Å². The topological polar surface area (TPSA) is 127 Å². The summed E-state index contributed by atoms with van der Waals surface area (Å²) in [7, 11) is -3.99. The number of hydrazine groups is 1. The highest BCUT2D eigenvalue weighted by Gasteiger charge is 2.27. The molecule has 118 valence electrons. The predicted molar refractivity (Wildman–Crippen MR) is 80.2 cm³/mol. The molecule has 1 rings (SSSR count). The van der Waals surface area contributed by atoms with Gasteiger partial charge < -0.3 is 5.43 Å². The molecule has 0 amide bonds. The van der Waals surface area contributed by atoms with Crippen molar-refractivity contribution in [2.24, 2.45) is 5.84 Å². The molecule has 1 aromatic carbocycles. The molecular formula is C12H20N4O4S. The first kappa shape index (κ1) is 17.3. The normalized spacial score (nSPS) is 12.9. The Kier molecular flexibility index (Phi) is 6.06. The highest BCUT2D eigenvalue weighted by Crippen LogP contribution is 2.27. The highest BCUT2D eigenvalue weighted by molar-refractivity contribution is 7.89. The smallest absolute Gasteiger partial charge is 0.289 e. The van der Waals surface area contributed by atoms with Crippen molar-refractivity contribution in [3.63, 3.8) is 0 Å². The molecule has 0 spiro atoms. The Hall–Kier alpha value is -1.71. The number of nitrogens with zero attached hydrogens (tertiary/aromatic N) is 1. The fourth-order valence-electron chi connectivity index (χ4n) is 1.95. The van der Waals surface area contributed by atoms with Crippen molar-refractivity contribution in [3.05, 3.63) is 28.3 Å². The lowest BCUT2D eigenvalue weighted by atomic mass is 10.1. The number of nitrogens with one attached hydrogen (secondary N) is 2. The Morgan fingerprint density at radius 3 is 2.52 bits per heavy atom. The second kappa shape index (κ2) is 7.34. The van der Waals surface area contributed by atoms with Gasteiger partial charge in [0, 0.05) is 12.1 Å². The van der Waals surface area contributed by atoms with Gasteiger partial charge in [-0.1, -0.05) is 20.3 Å². The van der Waals surface area contributed by atoms with Crippen LogP contribution in [0.5, 0.6) is 0 Å². The Labute approximate surface area is 123 Å². The predicted octanol–water partition coefficient (Wildman–Crippen LogP) is 1.74. The monoisotopic (exact) mass is 316 g/mol. The first-order chi connectivity index (χ1) is 9.85. The summed E-state index contributed by atoms with van der Waals surface area (Å²) in [5, 5.41) is 11.0. The molecule has 0 aliphatic heterocycles. The average molecular weight is 316 g/mol. The van der Waals surface area contributed by atoms with Crippen molar-refractivity contribution in [3.8, 4) is 0 Å². The molecule has 0 aliphatic carbocycles. The lowest BCUT2D eigenvalue weighted by molar-refractivity contribution is -0.387. The maximum absolute atomic E-state index is 12.4. The fourth-order valence-corrected chi connectivity index (χ4v) is 3.50. The highest BCUT2D eigenvalue weighted by atomic mass is 32.2. The number of nitro groups is 1. The number of rotatable bonds is 8. The largest absolute Gasteiger partial charge is 0.324 e. The maximum Gasteiger partial charge on any atom is 0.289 e. The van der Waals surface area contributed by atoms with Gasteiger partial charge in [0.2, 0.25) is 10.0 Å². The van der Waals surface area contributed by atoms with E-state index in [2.05, 4.69) is 10.1 Å². The molecule has 0 bridgehead atoms. The quantitative estimate of drug-likeness (QED) is 0.381. The molecule has 9 heteroatoms. The van der Waals surface area contributed by atoms with Crippen LogP contribution in [0.2, 0.25) is 0 Å². The van der Waals surface area contributed by atoms with Crippen LogP contribution in [-0.2, 0) is 10.0 Å². The first-order valence-electron chi connectivity index (χ1n) is 6.63. The lowest BCUT2D eigenvalue weighted by Gasteiger charge is -2.16. The number of benzene rings is 1. The van der Waals surface area contributed by atoms with Crippen LogP contribution in [0.4, 0.5) is 11.4 Å². The number of nitro benzene ring substituents is 1. The van der Waals surface area contributed by atoms with Crippen molar-refractivity contribution in [1.29, 1.82) is 0 Å². The summed E-state index contributed by atoms with van der Waals surface area (Å²) in [5.41, 5.74) is 2.09. The van der Waals surface area contributed by atoms with E-state index in [-0.39, 0.29) is 11.7 Å². The molecule has 1 aromatic rings. The minimum atomic E-state index is -3.99. The zero-order valence-electron chi connectivity index (χ0n) is 12.0. The van der Waals surface area contributed by atoms with Crippen molar-refractivity contribution in [2.45, 2.75) is 44.0 Å². The molecule has 0 heterocycles. The van der Waals surface area contributed by atoms with Crippen molar-refractivity contribution < 1.29 is 13.3 Å². The van der Waals surface area contributed by atoms with Crippen LogP contribution in [-0.4, -0.2) is 19.4 Å². The molecule has 21 heavy (non-hydrogen) atoms. The van der Waals surface area contributed by atoms with E-state index >= 15 is 0 Å². The summed E-state index contributed by atoms with van der Waals surface area (Å²) in [6.45, 7) is 3.80. The van der Waals surface area contributed by atoms with Gasteiger partial charge in [0.05, 0.1) is 10.6 Å². The van der Waals surface area contributed by atoms with Gasteiger partial charge in [0.1, 0.15) is 0 Å². The summed E-state index contributed by atoms with van der Waals surface area (Å²) in [6, 6.07) is 3.36. The van der Waals surface area contributed by atoms with Gasteiger partial charge in [-0.15, -0.1) is 0 Å². The molecule has 0 aromatic heterocycles. The van der Waals surface area contributed by atoms with Crippen molar-refractivity contribution >= 4 is 21.4 Å². The van der Waals surface area contributed by atoms with E-state index in [9.17, 15) is 18.5 Å². The van der Waals surface area contributed by atoms with E-state index < -0.39 is 25.5 Å². The van der Waals surface area contributed by atoms with Gasteiger partial charge >= 0.3 is 0 Å². The summed E-state index contributed by atoms with van der Waals surface area (Å²) in [6.07, 6.45) is 2.08. The van der Waals surface area contributed by atoms with E-state index in [1.54, 1.807) is 0 Å². The number of hydrogen-bond donors (Lipinski definition) is 3. The van der Waals surface area contributed by atoms with Crippen LogP contribution in [0.1, 0.15) is 33.1 Å². The Morgan fingerprint density at radius 1 is 1.38 bits per heavy atom. The zero-order valence-corrected chi connectivity index (χ0v) is 12.8. The van der Waals surface area contributed by atoms with E-state index in [0.717, 1.165) is 18.6 Å².